The maximum absolute atomic E-state index is 2.22. The quantitative estimate of drug-likeness (QED) is 0.507. The van der Waals surface area contributed by atoms with E-state index in [1.165, 1.54) is 6.42 Å². The molecule has 0 N–H and O–H groups in total. The van der Waals surface area contributed by atoms with Gasteiger partial charge in [0.1, 0.15) is 0 Å². The molecule has 0 aromatic heterocycles. The molecule has 0 aliphatic rings. The maximum Gasteiger partial charge on any atom is -0.0474 e. The van der Waals surface area contributed by atoms with Crippen LogP contribution in [0.1, 0.15) is 48.0 Å². The Balaban J connectivity index is 0. The fourth-order valence-electron chi connectivity index (χ4n) is 0. The van der Waals surface area contributed by atoms with Gasteiger partial charge >= 0.3 is 0 Å². The molecule has 0 aliphatic heterocycles. The van der Waals surface area contributed by atoms with Crippen molar-refractivity contribution >= 4 is 0 Å². The smallest absolute Gasteiger partial charge is 0.0474 e. The Morgan fingerprint density at radius 3 is 1.00 bits per heavy atom. The molecule has 0 fully saturated rings. The van der Waals surface area contributed by atoms with Gasteiger partial charge in [0.2, 0.25) is 0 Å². The van der Waals surface area contributed by atoms with E-state index in [0.717, 1.165) is 11.8 Å². The molecule has 58 valence electrons. The summed E-state index contributed by atoms with van der Waals surface area (Å²) in [5.74, 6) is 1.72. The third kappa shape index (κ3) is 72.0. The van der Waals surface area contributed by atoms with Crippen molar-refractivity contribution in [2.75, 3.05) is 0 Å². The van der Waals surface area contributed by atoms with Gasteiger partial charge < -0.3 is 0 Å². The van der Waals surface area contributed by atoms with Crippen LogP contribution in [0.25, 0.3) is 0 Å². The predicted molar refractivity (Wildman–Crippen MR) is 45.6 cm³/mol. The second-order valence-electron chi connectivity index (χ2n) is 3.53. The molecule has 0 heterocycles. The molecule has 0 rings (SSSR count). The Bertz CT molecular complexity index is 32.5. The van der Waals surface area contributed by atoms with Gasteiger partial charge in [-0.25, -0.2) is 0 Å². The van der Waals surface area contributed by atoms with Crippen molar-refractivity contribution in [1.82, 2.24) is 0 Å². The van der Waals surface area contributed by atoms with Crippen molar-refractivity contribution in [3.05, 3.63) is 0 Å². The van der Waals surface area contributed by atoms with E-state index in [0.29, 0.717) is 0 Å². The number of hydrogen-bond donors (Lipinski definition) is 0. The van der Waals surface area contributed by atoms with Gasteiger partial charge in [-0.15, -0.1) is 0 Å². The number of hydrogen-bond acceptors (Lipinski definition) is 0. The first kappa shape index (κ1) is 11.8. The van der Waals surface area contributed by atoms with Gasteiger partial charge in [0.15, 0.2) is 0 Å². The van der Waals surface area contributed by atoms with Crippen molar-refractivity contribution in [1.29, 1.82) is 0 Å². The van der Waals surface area contributed by atoms with Gasteiger partial charge in [0, 0.05) is 0 Å². The van der Waals surface area contributed by atoms with Crippen molar-refractivity contribution in [2.24, 2.45) is 11.8 Å². The molecule has 0 saturated heterocycles. The zero-order valence-electron chi connectivity index (χ0n) is 7.86. The van der Waals surface area contributed by atoms with Gasteiger partial charge in [0.25, 0.3) is 0 Å². The van der Waals surface area contributed by atoms with Gasteiger partial charge in [-0.3, -0.25) is 0 Å². The van der Waals surface area contributed by atoms with Crippen LogP contribution in [0.2, 0.25) is 0 Å². The van der Waals surface area contributed by atoms with Crippen molar-refractivity contribution in [3.8, 4) is 0 Å². The van der Waals surface area contributed by atoms with Crippen LogP contribution < -0.4 is 0 Å². The largest absolute Gasteiger partial charge is 0.0651 e. The number of rotatable bonds is 1. The highest BCUT2D eigenvalue weighted by atomic mass is 13.9. The van der Waals surface area contributed by atoms with E-state index < -0.39 is 0 Å². The Morgan fingerprint density at radius 2 is 1.00 bits per heavy atom. The molecule has 0 radical (unpaired) electrons. The zero-order chi connectivity index (χ0) is 7.86. The molecule has 0 saturated carbocycles. The lowest BCUT2D eigenvalue weighted by atomic mass is 10.2. The minimum Gasteiger partial charge on any atom is -0.0651 e. The highest BCUT2D eigenvalue weighted by molar-refractivity contribution is 4.32. The van der Waals surface area contributed by atoms with Crippen LogP contribution in [0.15, 0.2) is 0 Å². The van der Waals surface area contributed by atoms with E-state index in [4.69, 9.17) is 0 Å². The fraction of sp³-hybridized carbons (Fsp3) is 1.00. The van der Waals surface area contributed by atoms with Crippen LogP contribution in [0.3, 0.4) is 0 Å². The van der Waals surface area contributed by atoms with Crippen molar-refractivity contribution in [3.63, 3.8) is 0 Å². The normalized spacial score (nSPS) is 9.33. The first-order chi connectivity index (χ1) is 4.00. The molecule has 0 spiro atoms. The fourth-order valence-corrected chi connectivity index (χ4v) is 0. The second-order valence-corrected chi connectivity index (χ2v) is 3.53. The van der Waals surface area contributed by atoms with Crippen LogP contribution in [-0.2, 0) is 0 Å². The van der Waals surface area contributed by atoms with E-state index in [1.54, 1.807) is 0 Å². The third-order valence-electron chi connectivity index (χ3n) is 0.816. The molecule has 0 unspecified atom stereocenters. The molecule has 0 aromatic carbocycles. The van der Waals surface area contributed by atoms with Crippen LogP contribution in [-0.4, -0.2) is 0 Å². The summed E-state index contributed by atoms with van der Waals surface area (Å²) < 4.78 is 0. The topological polar surface area (TPSA) is 0 Å². The van der Waals surface area contributed by atoms with E-state index in [1.807, 2.05) is 0 Å². The minimum atomic E-state index is 0.833. The summed E-state index contributed by atoms with van der Waals surface area (Å²) in [6.45, 7) is 13.1. The summed E-state index contributed by atoms with van der Waals surface area (Å²) in [5.41, 5.74) is 0. The molecule has 0 nitrogen and oxygen atoms in total. The van der Waals surface area contributed by atoms with Crippen molar-refractivity contribution in [2.45, 2.75) is 48.0 Å². The van der Waals surface area contributed by atoms with Gasteiger partial charge in [-0.2, -0.15) is 0 Å². The molecule has 0 atom stereocenters. The Morgan fingerprint density at radius 1 is 0.889 bits per heavy atom. The molecule has 0 heteroatoms. The van der Waals surface area contributed by atoms with Crippen molar-refractivity contribution < 1.29 is 0 Å². The lowest BCUT2D eigenvalue weighted by Crippen LogP contribution is -1.77. The van der Waals surface area contributed by atoms with Gasteiger partial charge in [-0.05, 0) is 11.8 Å². The SMILES string of the molecule is CC(C)C.CCC(C)C. The first-order valence-corrected chi connectivity index (χ1v) is 4.00. The lowest BCUT2D eigenvalue weighted by Gasteiger charge is -1.90. The first-order valence-electron chi connectivity index (χ1n) is 4.00. The summed E-state index contributed by atoms with van der Waals surface area (Å²) in [6, 6.07) is 0. The van der Waals surface area contributed by atoms with E-state index in [-0.39, 0.29) is 0 Å². The molecule has 9 heavy (non-hydrogen) atoms. The summed E-state index contributed by atoms with van der Waals surface area (Å²) in [4.78, 5) is 0. The standard InChI is InChI=1S/C5H12.C4H10/c1-4-5(2)3;1-4(2)3/h5H,4H2,1-3H3;4H,1-3H3. The summed E-state index contributed by atoms with van der Waals surface area (Å²) in [7, 11) is 0. The molecule has 0 aromatic rings. The lowest BCUT2D eigenvalue weighted by molar-refractivity contribution is 0.626. The van der Waals surface area contributed by atoms with Crippen LogP contribution in [0.5, 0.6) is 0 Å². The molecule has 0 aliphatic carbocycles. The summed E-state index contributed by atoms with van der Waals surface area (Å²) in [6.07, 6.45) is 1.31. The van der Waals surface area contributed by atoms with Crippen LogP contribution >= 0.6 is 0 Å². The maximum atomic E-state index is 2.22. The zero-order valence-corrected chi connectivity index (χ0v) is 7.86. The predicted octanol–water partition coefficient (Wildman–Crippen LogP) is 3.71. The van der Waals surface area contributed by atoms with E-state index in [2.05, 4.69) is 41.5 Å². The highest BCUT2D eigenvalue weighted by Gasteiger charge is 1.80. The Hall–Kier alpha value is 0. The summed E-state index contributed by atoms with van der Waals surface area (Å²) in [5, 5.41) is 0. The molecular weight excluding hydrogens is 108 g/mol. The molecular formula is C9H22. The highest BCUT2D eigenvalue weighted by Crippen LogP contribution is 1.93. The minimum absolute atomic E-state index is 0.833. The molecule has 0 bridgehead atoms. The monoisotopic (exact) mass is 130 g/mol. The third-order valence-corrected chi connectivity index (χ3v) is 0.816. The molecule has 0 amide bonds. The van der Waals surface area contributed by atoms with Crippen LogP contribution in [0, 0.1) is 11.8 Å². The average Bonchev–Trinajstić information content (AvgIpc) is 1.65. The van der Waals surface area contributed by atoms with Gasteiger partial charge in [-0.1, -0.05) is 48.0 Å². The Kier molecular flexibility index (Phi) is 10.4. The second kappa shape index (κ2) is 8.00. The van der Waals surface area contributed by atoms with Gasteiger partial charge in [0.05, 0.1) is 0 Å². The van der Waals surface area contributed by atoms with E-state index in [9.17, 15) is 0 Å². The van der Waals surface area contributed by atoms with Crippen LogP contribution in [0.4, 0.5) is 0 Å². The van der Waals surface area contributed by atoms with E-state index >= 15 is 0 Å². The summed E-state index contributed by atoms with van der Waals surface area (Å²) >= 11 is 0. The average molecular weight is 130 g/mol. The Labute approximate surface area is 60.7 Å².